The van der Waals surface area contributed by atoms with E-state index < -0.39 is 0 Å². The molecule has 6 nitrogen and oxygen atoms in total. The number of aromatic nitrogens is 4. The first-order valence-electron chi connectivity index (χ1n) is 6.89. The molecule has 0 aromatic carbocycles. The van der Waals surface area contributed by atoms with Crippen molar-refractivity contribution in [3.63, 3.8) is 0 Å². The highest BCUT2D eigenvalue weighted by atomic mass is 16.2. The van der Waals surface area contributed by atoms with Crippen molar-refractivity contribution < 1.29 is 4.79 Å². The number of carbonyl (C=O) groups is 1. The maximum absolute atomic E-state index is 12.4. The van der Waals surface area contributed by atoms with E-state index in [1.54, 1.807) is 12.3 Å². The number of nitrogens with zero attached hydrogens (tertiary/aromatic N) is 3. The summed E-state index contributed by atoms with van der Waals surface area (Å²) in [5, 5.41) is 13.8. The molecule has 2 aromatic heterocycles. The average molecular weight is 273 g/mol. The van der Waals surface area contributed by atoms with Crippen molar-refractivity contribution in [3.05, 3.63) is 35.4 Å². The van der Waals surface area contributed by atoms with E-state index in [4.69, 9.17) is 0 Å². The molecule has 0 spiro atoms. The molecule has 6 heteroatoms. The molecule has 1 amide bonds. The van der Waals surface area contributed by atoms with Crippen molar-refractivity contribution >= 4 is 5.91 Å². The van der Waals surface area contributed by atoms with Gasteiger partial charge in [-0.2, -0.15) is 10.2 Å². The summed E-state index contributed by atoms with van der Waals surface area (Å²) in [6.45, 7) is 5.74. The summed E-state index contributed by atoms with van der Waals surface area (Å²) >= 11 is 0. The van der Waals surface area contributed by atoms with E-state index >= 15 is 0 Å². The SMILES string of the molecule is Cc1cn[nH]c1[C@]1(C)CCCN(C(=O)c2ccn[nH]2)C1. The van der Waals surface area contributed by atoms with Gasteiger partial charge in [0.25, 0.3) is 5.91 Å². The Balaban J connectivity index is 1.83. The fraction of sp³-hybridized carbons (Fsp3) is 0.500. The van der Waals surface area contributed by atoms with Gasteiger partial charge in [-0.25, -0.2) is 0 Å². The number of H-pyrrole nitrogens is 2. The van der Waals surface area contributed by atoms with E-state index in [0.717, 1.165) is 30.6 Å². The zero-order chi connectivity index (χ0) is 14.2. The molecule has 2 N–H and O–H groups in total. The minimum atomic E-state index is -0.0610. The molecule has 1 fully saturated rings. The van der Waals surface area contributed by atoms with Crippen molar-refractivity contribution in [1.82, 2.24) is 25.3 Å². The van der Waals surface area contributed by atoms with Crippen molar-refractivity contribution in [1.29, 1.82) is 0 Å². The Hall–Kier alpha value is -2.11. The van der Waals surface area contributed by atoms with Crippen LogP contribution in [0.3, 0.4) is 0 Å². The van der Waals surface area contributed by atoms with Crippen LogP contribution in [-0.4, -0.2) is 44.3 Å². The summed E-state index contributed by atoms with van der Waals surface area (Å²) in [6.07, 6.45) is 5.50. The smallest absolute Gasteiger partial charge is 0.271 e. The van der Waals surface area contributed by atoms with Gasteiger partial charge in [-0.15, -0.1) is 0 Å². The molecule has 106 valence electrons. The van der Waals surface area contributed by atoms with Crippen LogP contribution in [0, 0.1) is 6.92 Å². The maximum atomic E-state index is 12.4. The van der Waals surface area contributed by atoms with E-state index in [1.165, 1.54) is 0 Å². The quantitative estimate of drug-likeness (QED) is 0.873. The van der Waals surface area contributed by atoms with Gasteiger partial charge in [-0.3, -0.25) is 15.0 Å². The lowest BCUT2D eigenvalue weighted by molar-refractivity contribution is 0.0641. The van der Waals surface area contributed by atoms with Crippen molar-refractivity contribution in [2.24, 2.45) is 0 Å². The van der Waals surface area contributed by atoms with Crippen molar-refractivity contribution in [3.8, 4) is 0 Å². The van der Waals surface area contributed by atoms with Crippen LogP contribution in [0.4, 0.5) is 0 Å². The van der Waals surface area contributed by atoms with Gasteiger partial charge in [0.05, 0.1) is 6.20 Å². The number of aromatic amines is 2. The van der Waals surface area contributed by atoms with E-state index in [-0.39, 0.29) is 11.3 Å². The highest BCUT2D eigenvalue weighted by Gasteiger charge is 2.37. The first-order valence-corrected chi connectivity index (χ1v) is 6.89. The zero-order valence-corrected chi connectivity index (χ0v) is 11.8. The van der Waals surface area contributed by atoms with Crippen LogP contribution in [-0.2, 0) is 5.41 Å². The third-order valence-electron chi connectivity index (χ3n) is 4.15. The Bertz CT molecular complexity index is 603. The minimum Gasteiger partial charge on any atom is -0.336 e. The lowest BCUT2D eigenvalue weighted by Gasteiger charge is -2.40. The van der Waals surface area contributed by atoms with E-state index in [1.807, 2.05) is 11.1 Å². The number of carbonyl (C=O) groups excluding carboxylic acids is 1. The van der Waals surface area contributed by atoms with Crippen LogP contribution < -0.4 is 0 Å². The number of hydrogen-bond donors (Lipinski definition) is 2. The van der Waals surface area contributed by atoms with Gasteiger partial charge in [-0.1, -0.05) is 6.92 Å². The second kappa shape index (κ2) is 4.77. The molecular weight excluding hydrogens is 254 g/mol. The number of rotatable bonds is 2. The highest BCUT2D eigenvalue weighted by Crippen LogP contribution is 2.34. The Kier molecular flexibility index (Phi) is 3.08. The normalized spacial score (nSPS) is 23.0. The molecule has 1 aliphatic heterocycles. The van der Waals surface area contributed by atoms with Gasteiger partial charge < -0.3 is 4.90 Å². The first kappa shape index (κ1) is 12.9. The Morgan fingerprint density at radius 1 is 1.40 bits per heavy atom. The summed E-state index contributed by atoms with van der Waals surface area (Å²) in [5.74, 6) is 0.0191. The van der Waals surface area contributed by atoms with Gasteiger partial charge in [0.2, 0.25) is 0 Å². The predicted octanol–water partition coefficient (Wildman–Crippen LogP) is 1.64. The molecule has 0 radical (unpaired) electrons. The van der Waals surface area contributed by atoms with Crippen molar-refractivity contribution in [2.45, 2.75) is 32.1 Å². The number of likely N-dealkylation sites (tertiary alicyclic amines) is 1. The van der Waals surface area contributed by atoms with E-state index in [2.05, 4.69) is 34.2 Å². The lowest BCUT2D eigenvalue weighted by Crippen LogP contribution is -2.47. The predicted molar refractivity (Wildman–Crippen MR) is 74.4 cm³/mol. The number of amides is 1. The van der Waals surface area contributed by atoms with Gasteiger partial charge in [0.1, 0.15) is 5.69 Å². The van der Waals surface area contributed by atoms with Crippen LogP contribution >= 0.6 is 0 Å². The molecule has 1 aliphatic rings. The van der Waals surface area contributed by atoms with Gasteiger partial charge >= 0.3 is 0 Å². The second-order valence-corrected chi connectivity index (χ2v) is 5.79. The molecule has 20 heavy (non-hydrogen) atoms. The van der Waals surface area contributed by atoms with Gasteiger partial charge in [-0.05, 0) is 31.4 Å². The summed E-state index contributed by atoms with van der Waals surface area (Å²) in [5.41, 5.74) is 2.78. The van der Waals surface area contributed by atoms with Gasteiger partial charge in [0, 0.05) is 30.4 Å². The van der Waals surface area contributed by atoms with E-state index in [0.29, 0.717) is 12.2 Å². The number of nitrogens with one attached hydrogen (secondary N) is 2. The van der Waals surface area contributed by atoms with Crippen LogP contribution in [0.5, 0.6) is 0 Å². The Labute approximate surface area is 117 Å². The molecule has 1 saturated heterocycles. The topological polar surface area (TPSA) is 77.7 Å². The van der Waals surface area contributed by atoms with Crippen LogP contribution in [0.1, 0.15) is 41.5 Å². The number of hydrogen-bond acceptors (Lipinski definition) is 3. The molecule has 0 bridgehead atoms. The fourth-order valence-electron chi connectivity index (χ4n) is 3.12. The number of piperidine rings is 1. The summed E-state index contributed by atoms with van der Waals surface area (Å²) in [7, 11) is 0. The third-order valence-corrected chi connectivity index (χ3v) is 4.15. The van der Waals surface area contributed by atoms with Crippen LogP contribution in [0.15, 0.2) is 18.5 Å². The average Bonchev–Trinajstić information content (AvgIpc) is 3.09. The van der Waals surface area contributed by atoms with Crippen LogP contribution in [0.25, 0.3) is 0 Å². The summed E-state index contributed by atoms with van der Waals surface area (Å²) in [4.78, 5) is 14.3. The van der Waals surface area contributed by atoms with Crippen molar-refractivity contribution in [2.75, 3.05) is 13.1 Å². The molecule has 1 atom stereocenters. The van der Waals surface area contributed by atoms with E-state index in [9.17, 15) is 4.79 Å². The summed E-state index contributed by atoms with van der Waals surface area (Å²) < 4.78 is 0. The highest BCUT2D eigenvalue weighted by molar-refractivity contribution is 5.92. The Morgan fingerprint density at radius 3 is 2.90 bits per heavy atom. The third kappa shape index (κ3) is 2.11. The van der Waals surface area contributed by atoms with Gasteiger partial charge in [0.15, 0.2) is 0 Å². The second-order valence-electron chi connectivity index (χ2n) is 5.79. The molecule has 3 heterocycles. The standard InChI is InChI=1S/C14H19N5O/c1-10-8-16-18-12(10)14(2)5-3-7-19(9-14)13(20)11-4-6-15-17-11/h4,6,8H,3,5,7,9H2,1-2H3,(H,15,17)(H,16,18)/t14-/m1/s1. The largest absolute Gasteiger partial charge is 0.336 e. The number of aryl methyl sites for hydroxylation is 1. The molecule has 0 unspecified atom stereocenters. The monoisotopic (exact) mass is 273 g/mol. The molecule has 3 rings (SSSR count). The fourth-order valence-corrected chi connectivity index (χ4v) is 3.12. The minimum absolute atomic E-state index is 0.0191. The maximum Gasteiger partial charge on any atom is 0.271 e. The lowest BCUT2D eigenvalue weighted by atomic mass is 9.77. The molecule has 0 saturated carbocycles. The molecule has 2 aromatic rings. The Morgan fingerprint density at radius 2 is 2.25 bits per heavy atom. The van der Waals surface area contributed by atoms with Crippen LogP contribution in [0.2, 0.25) is 0 Å². The summed E-state index contributed by atoms with van der Waals surface area (Å²) in [6, 6.07) is 1.72. The zero-order valence-electron chi connectivity index (χ0n) is 11.8. The first-order chi connectivity index (χ1) is 9.60. The molecular formula is C14H19N5O. The molecule has 0 aliphatic carbocycles.